The third kappa shape index (κ3) is 5.05. The average molecular weight is 469 g/mol. The third-order valence-corrected chi connectivity index (χ3v) is 6.50. The van der Waals surface area contributed by atoms with Crippen molar-refractivity contribution in [2.45, 2.75) is 30.9 Å². The second-order valence-corrected chi connectivity index (χ2v) is 8.94. The average Bonchev–Trinajstić information content (AvgIpc) is 3.45. The Morgan fingerprint density at radius 2 is 1.79 bits per heavy atom. The van der Waals surface area contributed by atoms with E-state index in [1.165, 1.54) is 5.56 Å². The largest absolute Gasteiger partial charge is 0.465 e. The maximum atomic E-state index is 12.5. The molecule has 0 aliphatic heterocycles. The topological polar surface area (TPSA) is 73.0 Å². The zero-order chi connectivity index (χ0) is 23.3. The molecule has 5 rings (SSSR count). The van der Waals surface area contributed by atoms with E-state index in [0.717, 1.165) is 39.2 Å². The summed E-state index contributed by atoms with van der Waals surface area (Å²) in [4.78, 5) is 21.9. The Morgan fingerprint density at radius 3 is 2.56 bits per heavy atom. The molecule has 1 amide bonds. The fourth-order valence-electron chi connectivity index (χ4n) is 3.71. The summed E-state index contributed by atoms with van der Waals surface area (Å²) in [5.41, 5.74) is 4.67. The lowest BCUT2D eigenvalue weighted by molar-refractivity contribution is 0.0948. The molecule has 0 bridgehead atoms. The summed E-state index contributed by atoms with van der Waals surface area (Å²) in [6.07, 6.45) is 1.79. The van der Waals surface area contributed by atoms with Crippen molar-refractivity contribution in [1.82, 2.24) is 19.9 Å². The van der Waals surface area contributed by atoms with Crippen LogP contribution in [0.1, 0.15) is 33.0 Å². The molecule has 5 aromatic rings. The molecule has 1 N–H and O–H groups in total. The van der Waals surface area contributed by atoms with Gasteiger partial charge in [0, 0.05) is 17.5 Å². The zero-order valence-electron chi connectivity index (χ0n) is 18.8. The van der Waals surface area contributed by atoms with Crippen LogP contribution in [0, 0.1) is 6.92 Å². The lowest BCUT2D eigenvalue weighted by atomic mass is 10.1. The summed E-state index contributed by atoms with van der Waals surface area (Å²) in [7, 11) is 0. The molecule has 170 valence electrons. The third-order valence-electron chi connectivity index (χ3n) is 5.46. The lowest BCUT2D eigenvalue weighted by Gasteiger charge is -2.10. The Morgan fingerprint density at radius 1 is 0.971 bits per heavy atom. The number of amides is 1. The summed E-state index contributed by atoms with van der Waals surface area (Å²) in [5, 5.41) is 3.82. The molecule has 3 aromatic heterocycles. The minimum absolute atomic E-state index is 0.130. The minimum atomic E-state index is -0.130. The van der Waals surface area contributed by atoms with E-state index >= 15 is 0 Å². The van der Waals surface area contributed by atoms with Crippen LogP contribution in [0.4, 0.5) is 0 Å². The van der Waals surface area contributed by atoms with Gasteiger partial charge < -0.3 is 9.73 Å². The highest BCUT2D eigenvalue weighted by atomic mass is 32.2. The van der Waals surface area contributed by atoms with Gasteiger partial charge in [0.25, 0.3) is 5.91 Å². The van der Waals surface area contributed by atoms with Crippen molar-refractivity contribution in [1.29, 1.82) is 0 Å². The van der Waals surface area contributed by atoms with Crippen molar-refractivity contribution in [3.05, 3.63) is 113 Å². The van der Waals surface area contributed by atoms with Crippen molar-refractivity contribution < 1.29 is 9.21 Å². The van der Waals surface area contributed by atoms with Crippen molar-refractivity contribution in [3.63, 3.8) is 0 Å². The van der Waals surface area contributed by atoms with Gasteiger partial charge in [0.05, 0.1) is 13.1 Å². The number of aryl methyl sites for hydroxylation is 1. The van der Waals surface area contributed by atoms with Gasteiger partial charge in [0.1, 0.15) is 17.0 Å². The molecule has 0 unspecified atom stereocenters. The van der Waals surface area contributed by atoms with Gasteiger partial charge in [-0.3, -0.25) is 9.36 Å². The molecule has 0 radical (unpaired) electrons. The van der Waals surface area contributed by atoms with Gasteiger partial charge in [-0.2, -0.15) is 0 Å². The van der Waals surface area contributed by atoms with Crippen LogP contribution in [-0.2, 0) is 18.8 Å². The number of nitrogens with one attached hydrogen (secondary N) is 1. The number of pyridine rings is 1. The maximum Gasteiger partial charge on any atom is 0.251 e. The molecule has 0 saturated heterocycles. The zero-order valence-corrected chi connectivity index (χ0v) is 19.6. The SMILES string of the molecule is Cc1ccc(CNC(=O)c2ccc(Cn3c(SCc4ccccc4)nc4cccnc43)cc2)o1. The molecule has 0 fully saturated rings. The van der Waals surface area contributed by atoms with Crippen molar-refractivity contribution in [2.24, 2.45) is 0 Å². The van der Waals surface area contributed by atoms with E-state index in [-0.39, 0.29) is 5.91 Å². The Labute approximate surface area is 202 Å². The normalized spacial score (nSPS) is 11.1. The van der Waals surface area contributed by atoms with E-state index < -0.39 is 0 Å². The summed E-state index contributed by atoms with van der Waals surface area (Å²) in [6, 6.07) is 25.7. The first-order valence-electron chi connectivity index (χ1n) is 11.1. The highest BCUT2D eigenvalue weighted by Crippen LogP contribution is 2.27. The first-order valence-corrected chi connectivity index (χ1v) is 12.0. The first kappa shape index (κ1) is 22.0. The maximum absolute atomic E-state index is 12.5. The van der Waals surface area contributed by atoms with E-state index in [4.69, 9.17) is 9.40 Å². The summed E-state index contributed by atoms with van der Waals surface area (Å²) in [6.45, 7) is 2.87. The van der Waals surface area contributed by atoms with Gasteiger partial charge in [-0.05, 0) is 54.4 Å². The van der Waals surface area contributed by atoms with E-state index in [2.05, 4.69) is 27.0 Å². The Balaban J connectivity index is 1.30. The molecule has 0 aliphatic rings. The van der Waals surface area contributed by atoms with Crippen molar-refractivity contribution in [3.8, 4) is 0 Å². The predicted octanol–water partition coefficient (Wildman–Crippen LogP) is 5.60. The van der Waals surface area contributed by atoms with E-state index in [0.29, 0.717) is 18.7 Å². The number of carbonyl (C=O) groups is 1. The number of fused-ring (bicyclic) bond motifs is 1. The molecule has 6 nitrogen and oxygen atoms in total. The number of hydrogen-bond donors (Lipinski definition) is 1. The first-order chi connectivity index (χ1) is 16.7. The van der Waals surface area contributed by atoms with Crippen molar-refractivity contribution >= 4 is 28.8 Å². The number of furan rings is 1. The lowest BCUT2D eigenvalue weighted by Crippen LogP contribution is -2.22. The van der Waals surface area contributed by atoms with Crippen LogP contribution in [0.15, 0.2) is 94.6 Å². The number of carbonyl (C=O) groups excluding carboxylic acids is 1. The van der Waals surface area contributed by atoms with Crippen LogP contribution >= 0.6 is 11.8 Å². The standard InChI is InChI=1S/C27H24N4O2S/c1-19-9-14-23(33-19)16-29-26(32)22-12-10-20(11-13-22)17-31-25-24(8-5-15-28-25)30-27(31)34-18-21-6-3-2-4-7-21/h2-15H,16-18H2,1H3,(H,29,32). The molecule has 0 aliphatic carbocycles. The molecular formula is C27H24N4O2S. The van der Waals surface area contributed by atoms with Gasteiger partial charge in [-0.1, -0.05) is 54.2 Å². The van der Waals surface area contributed by atoms with Gasteiger partial charge in [-0.15, -0.1) is 0 Å². The Hall–Kier alpha value is -3.84. The summed E-state index contributed by atoms with van der Waals surface area (Å²) < 4.78 is 7.65. The monoisotopic (exact) mass is 468 g/mol. The van der Waals surface area contributed by atoms with Gasteiger partial charge in [0.15, 0.2) is 10.8 Å². The molecule has 34 heavy (non-hydrogen) atoms. The Kier molecular flexibility index (Phi) is 6.44. The fourth-order valence-corrected chi connectivity index (χ4v) is 4.66. The Bertz CT molecular complexity index is 1410. The molecule has 0 atom stereocenters. The predicted molar refractivity (Wildman–Crippen MR) is 134 cm³/mol. The van der Waals surface area contributed by atoms with Gasteiger partial charge in [0.2, 0.25) is 0 Å². The van der Waals surface area contributed by atoms with Crippen LogP contribution in [0.25, 0.3) is 11.2 Å². The fraction of sp³-hybridized carbons (Fsp3) is 0.148. The number of benzene rings is 2. The number of thioether (sulfide) groups is 1. The minimum Gasteiger partial charge on any atom is -0.465 e. The molecule has 0 saturated carbocycles. The highest BCUT2D eigenvalue weighted by Gasteiger charge is 2.14. The van der Waals surface area contributed by atoms with Gasteiger partial charge in [-0.25, -0.2) is 9.97 Å². The van der Waals surface area contributed by atoms with E-state index in [9.17, 15) is 4.79 Å². The quantitative estimate of drug-likeness (QED) is 0.300. The molecule has 0 spiro atoms. The molecule has 7 heteroatoms. The molecule has 3 heterocycles. The van der Waals surface area contributed by atoms with E-state index in [1.54, 1.807) is 18.0 Å². The second-order valence-electron chi connectivity index (χ2n) is 7.99. The van der Waals surface area contributed by atoms with Crippen molar-refractivity contribution in [2.75, 3.05) is 0 Å². The van der Waals surface area contributed by atoms with Crippen LogP contribution < -0.4 is 5.32 Å². The van der Waals surface area contributed by atoms with Crippen LogP contribution in [0.5, 0.6) is 0 Å². The summed E-state index contributed by atoms with van der Waals surface area (Å²) >= 11 is 1.70. The number of aromatic nitrogens is 3. The molecule has 2 aromatic carbocycles. The molecular weight excluding hydrogens is 444 g/mol. The number of imidazole rings is 1. The summed E-state index contributed by atoms with van der Waals surface area (Å²) in [5.74, 6) is 2.27. The number of rotatable bonds is 8. The van der Waals surface area contributed by atoms with Crippen LogP contribution in [0.2, 0.25) is 0 Å². The van der Waals surface area contributed by atoms with Crippen LogP contribution in [0.3, 0.4) is 0 Å². The number of nitrogens with zero attached hydrogens (tertiary/aromatic N) is 3. The number of hydrogen-bond acceptors (Lipinski definition) is 5. The second kappa shape index (κ2) is 9.97. The highest BCUT2D eigenvalue weighted by molar-refractivity contribution is 7.98. The van der Waals surface area contributed by atoms with Crippen LogP contribution in [-0.4, -0.2) is 20.4 Å². The smallest absolute Gasteiger partial charge is 0.251 e. The van der Waals surface area contributed by atoms with E-state index in [1.807, 2.05) is 73.7 Å². The van der Waals surface area contributed by atoms with Gasteiger partial charge >= 0.3 is 0 Å².